The minimum atomic E-state index is -2.53. The first-order chi connectivity index (χ1) is 5.65. The van der Waals surface area contributed by atoms with E-state index in [1.165, 1.54) is 13.2 Å². The van der Waals surface area contributed by atoms with Gasteiger partial charge in [-0.2, -0.15) is 0 Å². The Balaban J connectivity index is 3.12. The summed E-state index contributed by atoms with van der Waals surface area (Å²) in [6.45, 7) is 0. The molecule has 0 radical (unpaired) electrons. The Morgan fingerprint density at radius 2 is 2.25 bits per heavy atom. The molecule has 1 unspecified atom stereocenters. The summed E-state index contributed by atoms with van der Waals surface area (Å²) in [6, 6.07) is 3.55. The molecule has 0 saturated heterocycles. The molecule has 0 heterocycles. The van der Waals surface area contributed by atoms with Crippen LogP contribution < -0.4 is 4.74 Å². The number of hydrogen-bond acceptors (Lipinski definition) is 3. The first-order valence-corrected chi connectivity index (χ1v) is 4.15. The van der Waals surface area contributed by atoms with Crippen LogP contribution in [0.15, 0.2) is 23.1 Å². The predicted octanol–water partition coefficient (Wildman–Crippen LogP) is 1.07. The maximum atomic E-state index is 12.8. The van der Waals surface area contributed by atoms with Crippen LogP contribution >= 0.6 is 0 Å². The number of methoxy groups -OCH3 is 1. The van der Waals surface area contributed by atoms with Crippen molar-refractivity contribution in [3.05, 3.63) is 24.0 Å². The van der Waals surface area contributed by atoms with Crippen molar-refractivity contribution in [2.24, 2.45) is 0 Å². The van der Waals surface area contributed by atoms with E-state index in [-0.39, 0.29) is 4.90 Å². The Hall–Kier alpha value is -0.940. The summed E-state index contributed by atoms with van der Waals surface area (Å²) in [5, 5.41) is 0. The number of hydrogen-bond donors (Lipinski definition) is 0. The standard InChI is InChI=1S/C7H7FO3S/c1-11-5-2-3-7(12(9)10)6(8)4-5/h2-4H,1H3,(H,9,10)/p-1. The fourth-order valence-corrected chi connectivity index (χ4v) is 1.14. The summed E-state index contributed by atoms with van der Waals surface area (Å²) in [5.74, 6) is -0.510. The van der Waals surface area contributed by atoms with Gasteiger partial charge in [0.15, 0.2) is 0 Å². The molecule has 0 aliphatic carbocycles. The number of ether oxygens (including phenoxy) is 1. The van der Waals surface area contributed by atoms with Crippen LogP contribution in [0.5, 0.6) is 5.75 Å². The van der Waals surface area contributed by atoms with E-state index in [2.05, 4.69) is 4.74 Å². The van der Waals surface area contributed by atoms with Gasteiger partial charge in [0, 0.05) is 6.07 Å². The third-order valence-corrected chi connectivity index (χ3v) is 2.01. The highest BCUT2D eigenvalue weighted by Gasteiger charge is 2.03. The summed E-state index contributed by atoms with van der Waals surface area (Å²) in [4.78, 5) is -0.351. The highest BCUT2D eigenvalue weighted by Crippen LogP contribution is 2.17. The molecule has 1 atom stereocenters. The van der Waals surface area contributed by atoms with Gasteiger partial charge in [-0.1, -0.05) is 0 Å². The van der Waals surface area contributed by atoms with E-state index in [1.54, 1.807) is 0 Å². The Morgan fingerprint density at radius 3 is 2.67 bits per heavy atom. The van der Waals surface area contributed by atoms with E-state index in [9.17, 15) is 13.2 Å². The van der Waals surface area contributed by atoms with Crippen LogP contribution in [0.4, 0.5) is 4.39 Å². The third kappa shape index (κ3) is 1.80. The third-order valence-electron chi connectivity index (χ3n) is 1.32. The van der Waals surface area contributed by atoms with Gasteiger partial charge in [0.25, 0.3) is 0 Å². The van der Waals surface area contributed by atoms with Gasteiger partial charge in [0.1, 0.15) is 11.6 Å². The largest absolute Gasteiger partial charge is 0.768 e. The lowest BCUT2D eigenvalue weighted by atomic mass is 10.3. The maximum Gasteiger partial charge on any atom is 0.141 e. The van der Waals surface area contributed by atoms with Crippen molar-refractivity contribution in [1.29, 1.82) is 0 Å². The van der Waals surface area contributed by atoms with Crippen LogP contribution in [0.1, 0.15) is 0 Å². The maximum absolute atomic E-state index is 12.8. The second-order valence-electron chi connectivity index (χ2n) is 2.03. The Bertz CT molecular complexity index is 314. The molecule has 3 nitrogen and oxygen atoms in total. The smallest absolute Gasteiger partial charge is 0.141 e. The molecule has 1 aromatic rings. The van der Waals surface area contributed by atoms with Crippen molar-refractivity contribution in [2.75, 3.05) is 7.11 Å². The molecule has 1 rings (SSSR count). The molecule has 12 heavy (non-hydrogen) atoms. The normalized spacial score (nSPS) is 12.6. The summed E-state index contributed by atoms with van der Waals surface area (Å²) in [7, 11) is 1.38. The molecule has 0 aliphatic heterocycles. The van der Waals surface area contributed by atoms with E-state index >= 15 is 0 Å². The zero-order chi connectivity index (χ0) is 9.14. The van der Waals surface area contributed by atoms with Gasteiger partial charge in [-0.3, -0.25) is 4.21 Å². The highest BCUT2D eigenvalue weighted by atomic mass is 32.2. The van der Waals surface area contributed by atoms with Gasteiger partial charge in [-0.15, -0.1) is 0 Å². The molecule has 0 aromatic heterocycles. The van der Waals surface area contributed by atoms with E-state index in [1.807, 2.05) is 0 Å². The fourth-order valence-electron chi connectivity index (χ4n) is 0.744. The lowest BCUT2D eigenvalue weighted by molar-refractivity contribution is 0.409. The van der Waals surface area contributed by atoms with Gasteiger partial charge >= 0.3 is 0 Å². The van der Waals surface area contributed by atoms with Crippen LogP contribution in [0, 0.1) is 5.82 Å². The van der Waals surface area contributed by atoms with Gasteiger partial charge in [-0.25, -0.2) is 4.39 Å². The van der Waals surface area contributed by atoms with Crippen LogP contribution in [0.2, 0.25) is 0 Å². The van der Waals surface area contributed by atoms with Gasteiger partial charge in [0.05, 0.1) is 12.0 Å². The second-order valence-corrected chi connectivity index (χ2v) is 2.94. The fraction of sp³-hybridized carbons (Fsp3) is 0.143. The molecule has 66 valence electrons. The molecule has 0 saturated carbocycles. The van der Waals surface area contributed by atoms with Gasteiger partial charge in [0.2, 0.25) is 0 Å². The van der Waals surface area contributed by atoms with Crippen LogP contribution in [-0.2, 0) is 11.1 Å². The van der Waals surface area contributed by atoms with Crippen molar-refractivity contribution in [1.82, 2.24) is 0 Å². The number of halogens is 1. The minimum absolute atomic E-state index is 0.293. The van der Waals surface area contributed by atoms with Gasteiger partial charge < -0.3 is 9.29 Å². The molecular formula is C7H6FO3S-. The van der Waals surface area contributed by atoms with E-state index < -0.39 is 16.9 Å². The summed E-state index contributed by atoms with van der Waals surface area (Å²) in [6.07, 6.45) is 0. The van der Waals surface area contributed by atoms with Crippen LogP contribution in [0.3, 0.4) is 0 Å². The molecule has 1 aromatic carbocycles. The first kappa shape index (κ1) is 9.15. The Labute approximate surface area is 71.5 Å². The molecule has 0 bridgehead atoms. The van der Waals surface area contributed by atoms with Crippen molar-refractivity contribution in [3.63, 3.8) is 0 Å². The molecular weight excluding hydrogens is 183 g/mol. The number of benzene rings is 1. The topological polar surface area (TPSA) is 49.4 Å². The highest BCUT2D eigenvalue weighted by molar-refractivity contribution is 7.79. The molecule has 0 N–H and O–H groups in total. The van der Waals surface area contributed by atoms with E-state index in [4.69, 9.17) is 0 Å². The molecule has 0 spiro atoms. The van der Waals surface area contributed by atoms with Gasteiger partial charge in [-0.05, 0) is 23.2 Å². The lowest BCUT2D eigenvalue weighted by Crippen LogP contribution is -1.94. The van der Waals surface area contributed by atoms with E-state index in [0.29, 0.717) is 5.75 Å². The minimum Gasteiger partial charge on any atom is -0.768 e. The first-order valence-electron chi connectivity index (χ1n) is 3.08. The monoisotopic (exact) mass is 189 g/mol. The van der Waals surface area contributed by atoms with Crippen LogP contribution in [-0.4, -0.2) is 15.9 Å². The summed E-state index contributed by atoms with van der Waals surface area (Å²) >= 11 is -2.53. The SMILES string of the molecule is COc1ccc(S(=O)[O-])c(F)c1. The summed E-state index contributed by atoms with van der Waals surface area (Å²) < 4.78 is 38.2. The molecule has 5 heteroatoms. The van der Waals surface area contributed by atoms with Crippen molar-refractivity contribution >= 4 is 11.1 Å². The zero-order valence-corrected chi connectivity index (χ0v) is 7.06. The zero-order valence-electron chi connectivity index (χ0n) is 6.24. The molecule has 0 aliphatic rings. The quantitative estimate of drug-likeness (QED) is 0.654. The molecule has 0 amide bonds. The van der Waals surface area contributed by atoms with E-state index in [0.717, 1.165) is 12.1 Å². The Morgan fingerprint density at radius 1 is 1.58 bits per heavy atom. The van der Waals surface area contributed by atoms with Crippen molar-refractivity contribution in [2.45, 2.75) is 4.90 Å². The second kappa shape index (κ2) is 3.64. The predicted molar refractivity (Wildman–Crippen MR) is 40.1 cm³/mol. The lowest BCUT2D eigenvalue weighted by Gasteiger charge is -2.07. The van der Waals surface area contributed by atoms with Crippen molar-refractivity contribution in [3.8, 4) is 5.75 Å². The van der Waals surface area contributed by atoms with Crippen molar-refractivity contribution < 1.29 is 17.9 Å². The average Bonchev–Trinajstić information content (AvgIpc) is 2.03. The Kier molecular flexibility index (Phi) is 2.78. The number of rotatable bonds is 2. The van der Waals surface area contributed by atoms with Crippen LogP contribution in [0.25, 0.3) is 0 Å². The summed E-state index contributed by atoms with van der Waals surface area (Å²) in [5.41, 5.74) is 0. The molecule has 0 fully saturated rings. The average molecular weight is 189 g/mol.